The fourth-order valence-corrected chi connectivity index (χ4v) is 4.77. The van der Waals surface area contributed by atoms with Gasteiger partial charge in [-0.2, -0.15) is 0 Å². The number of amides is 8. The predicted molar refractivity (Wildman–Crippen MR) is 161 cm³/mol. The standard InChI is InChI=1S/C30H36Cl2N4O6/c1-3-5-15-33-25(37)23(27(39)35(29(33)41)17-7-13-31)19-21-9-11-22(12-10-21)20-24-26(38)34(16-6-4-2)30(42)36(28(24)40)18-8-14-32/h9-12,19-20H,3-8,13-18H2,1-2H3. The largest absolute Gasteiger partial charge is 0.333 e. The highest BCUT2D eigenvalue weighted by molar-refractivity contribution is 6.31. The van der Waals surface area contributed by atoms with Crippen LogP contribution in [0.25, 0.3) is 12.2 Å². The van der Waals surface area contributed by atoms with Crippen molar-refractivity contribution < 1.29 is 28.8 Å². The number of unbranched alkanes of at least 4 members (excludes halogenated alkanes) is 2. The molecule has 3 rings (SSSR count). The van der Waals surface area contributed by atoms with Crippen LogP contribution in [0.3, 0.4) is 0 Å². The van der Waals surface area contributed by atoms with Crippen LogP contribution in [0.1, 0.15) is 63.5 Å². The van der Waals surface area contributed by atoms with Crippen molar-refractivity contribution in [1.29, 1.82) is 0 Å². The van der Waals surface area contributed by atoms with E-state index in [9.17, 15) is 28.8 Å². The molecule has 0 unspecified atom stereocenters. The molecule has 0 atom stereocenters. The molecule has 0 aliphatic carbocycles. The Morgan fingerprint density at radius 1 is 0.524 bits per heavy atom. The molecule has 10 nitrogen and oxygen atoms in total. The van der Waals surface area contributed by atoms with Gasteiger partial charge in [0.2, 0.25) is 0 Å². The summed E-state index contributed by atoms with van der Waals surface area (Å²) in [5.74, 6) is -2.15. The van der Waals surface area contributed by atoms with E-state index in [0.29, 0.717) is 36.8 Å². The molecule has 0 spiro atoms. The van der Waals surface area contributed by atoms with Gasteiger partial charge in [-0.1, -0.05) is 51.0 Å². The lowest BCUT2D eigenvalue weighted by Gasteiger charge is -2.34. The zero-order valence-electron chi connectivity index (χ0n) is 23.9. The number of alkyl halides is 2. The first kappa shape index (κ1) is 33.0. The maximum Gasteiger partial charge on any atom is 0.333 e. The number of hydrogen-bond acceptors (Lipinski definition) is 6. The van der Waals surface area contributed by atoms with Gasteiger partial charge in [0.15, 0.2) is 0 Å². The third-order valence-electron chi connectivity index (χ3n) is 6.89. The smallest absolute Gasteiger partial charge is 0.268 e. The van der Waals surface area contributed by atoms with Crippen LogP contribution in [0.15, 0.2) is 35.4 Å². The highest BCUT2D eigenvalue weighted by atomic mass is 35.5. The molecule has 2 aliphatic heterocycles. The van der Waals surface area contributed by atoms with Crippen molar-refractivity contribution in [2.45, 2.75) is 52.4 Å². The fourth-order valence-electron chi connectivity index (χ4n) is 4.53. The van der Waals surface area contributed by atoms with Crippen LogP contribution in [0.5, 0.6) is 0 Å². The van der Waals surface area contributed by atoms with Gasteiger partial charge in [-0.15, -0.1) is 23.2 Å². The summed E-state index contributed by atoms with van der Waals surface area (Å²) in [4.78, 5) is 82.6. The van der Waals surface area contributed by atoms with Crippen molar-refractivity contribution in [3.63, 3.8) is 0 Å². The molecule has 0 radical (unpaired) electrons. The first-order valence-electron chi connectivity index (χ1n) is 14.2. The maximum atomic E-state index is 13.1. The Labute approximate surface area is 255 Å². The van der Waals surface area contributed by atoms with Gasteiger partial charge < -0.3 is 0 Å². The van der Waals surface area contributed by atoms with Crippen LogP contribution in [-0.4, -0.2) is 93.2 Å². The van der Waals surface area contributed by atoms with Gasteiger partial charge in [0, 0.05) is 37.9 Å². The number of rotatable bonds is 14. The van der Waals surface area contributed by atoms with Gasteiger partial charge in [0.25, 0.3) is 23.6 Å². The van der Waals surface area contributed by atoms with Crippen molar-refractivity contribution in [2.24, 2.45) is 0 Å². The van der Waals surface area contributed by atoms with E-state index in [2.05, 4.69) is 0 Å². The molecular formula is C30H36Cl2N4O6. The molecule has 2 aliphatic rings. The van der Waals surface area contributed by atoms with E-state index in [0.717, 1.165) is 32.4 Å². The van der Waals surface area contributed by atoms with E-state index >= 15 is 0 Å². The summed E-state index contributed by atoms with van der Waals surface area (Å²) in [6.07, 6.45) is 6.39. The molecule has 226 valence electrons. The first-order valence-corrected chi connectivity index (χ1v) is 15.3. The average Bonchev–Trinajstić information content (AvgIpc) is 2.98. The van der Waals surface area contributed by atoms with E-state index in [1.54, 1.807) is 24.3 Å². The van der Waals surface area contributed by atoms with Crippen LogP contribution in [-0.2, 0) is 19.2 Å². The zero-order valence-corrected chi connectivity index (χ0v) is 25.5. The normalized spacial score (nSPS) is 18.4. The number of imide groups is 4. The van der Waals surface area contributed by atoms with E-state index in [1.807, 2.05) is 13.8 Å². The number of carbonyl (C=O) groups is 6. The molecule has 0 N–H and O–H groups in total. The molecule has 1 aromatic rings. The Kier molecular flexibility index (Phi) is 12.3. The summed E-state index contributed by atoms with van der Waals surface area (Å²) in [7, 11) is 0. The van der Waals surface area contributed by atoms with Crippen LogP contribution in [0.4, 0.5) is 9.59 Å². The Balaban J connectivity index is 1.92. The molecule has 0 aromatic heterocycles. The molecule has 42 heavy (non-hydrogen) atoms. The Bertz CT molecular complexity index is 1120. The predicted octanol–water partition coefficient (Wildman–Crippen LogP) is 4.89. The lowest BCUT2D eigenvalue weighted by molar-refractivity contribution is -0.137. The summed E-state index contributed by atoms with van der Waals surface area (Å²) in [6, 6.07) is 5.27. The van der Waals surface area contributed by atoms with Crippen LogP contribution in [0, 0.1) is 0 Å². The molecule has 0 bridgehead atoms. The Hall–Kier alpha value is -3.50. The number of hydrogen-bond donors (Lipinski definition) is 0. The van der Waals surface area contributed by atoms with Crippen LogP contribution in [0.2, 0.25) is 0 Å². The minimum absolute atomic E-state index is 0.0999. The summed E-state index contributed by atoms with van der Waals surface area (Å²) in [5, 5.41) is 0. The van der Waals surface area contributed by atoms with Gasteiger partial charge in [0.1, 0.15) is 11.1 Å². The maximum absolute atomic E-state index is 13.1. The van der Waals surface area contributed by atoms with Gasteiger partial charge in [-0.05, 0) is 49.0 Å². The third kappa shape index (κ3) is 7.46. The van der Waals surface area contributed by atoms with Crippen molar-refractivity contribution >= 4 is 71.0 Å². The third-order valence-corrected chi connectivity index (χ3v) is 7.42. The van der Waals surface area contributed by atoms with Gasteiger partial charge in [-0.25, -0.2) is 9.59 Å². The van der Waals surface area contributed by atoms with E-state index < -0.39 is 35.7 Å². The van der Waals surface area contributed by atoms with Crippen LogP contribution >= 0.6 is 23.2 Å². The van der Waals surface area contributed by atoms with E-state index in [1.165, 1.54) is 12.2 Å². The van der Waals surface area contributed by atoms with Crippen molar-refractivity contribution in [2.75, 3.05) is 37.9 Å². The summed E-state index contributed by atoms with van der Waals surface area (Å²) in [5.41, 5.74) is 0.759. The highest BCUT2D eigenvalue weighted by Crippen LogP contribution is 2.24. The quantitative estimate of drug-likeness (QED) is 0.166. The lowest BCUT2D eigenvalue weighted by atomic mass is 10.0. The summed E-state index contributed by atoms with van der Waals surface area (Å²) >= 11 is 11.6. The average molecular weight is 620 g/mol. The Morgan fingerprint density at radius 3 is 1.07 bits per heavy atom. The Morgan fingerprint density at radius 2 is 0.810 bits per heavy atom. The fraction of sp³-hybridized carbons (Fsp3) is 0.467. The lowest BCUT2D eigenvalue weighted by Crippen LogP contribution is -2.56. The molecule has 2 heterocycles. The number of nitrogens with zero attached hydrogens (tertiary/aromatic N) is 4. The molecule has 2 fully saturated rings. The van der Waals surface area contributed by atoms with Crippen molar-refractivity contribution in [1.82, 2.24) is 19.6 Å². The molecule has 1 aromatic carbocycles. The summed E-state index contributed by atoms with van der Waals surface area (Å²) < 4.78 is 0. The minimum atomic E-state index is -0.679. The molecule has 2 saturated heterocycles. The van der Waals surface area contributed by atoms with Crippen molar-refractivity contribution in [3.8, 4) is 0 Å². The molecule has 12 heteroatoms. The SMILES string of the molecule is CCCCN1C(=O)C(=Cc2ccc(C=C3C(=O)N(CCCC)C(=O)N(CCCCl)C3=O)cc2)C(=O)N(CCCCl)C1=O. The molecule has 8 amide bonds. The van der Waals surface area contributed by atoms with Crippen molar-refractivity contribution in [3.05, 3.63) is 46.5 Å². The second-order valence-electron chi connectivity index (χ2n) is 9.97. The zero-order chi connectivity index (χ0) is 30.8. The highest BCUT2D eigenvalue weighted by Gasteiger charge is 2.42. The topological polar surface area (TPSA) is 115 Å². The van der Waals surface area contributed by atoms with Gasteiger partial charge in [0.05, 0.1) is 0 Å². The number of barbiturate groups is 2. The minimum Gasteiger partial charge on any atom is -0.268 e. The number of halogens is 2. The molecular weight excluding hydrogens is 583 g/mol. The van der Waals surface area contributed by atoms with E-state index in [4.69, 9.17) is 23.2 Å². The van der Waals surface area contributed by atoms with Gasteiger partial charge >= 0.3 is 12.1 Å². The number of carbonyl (C=O) groups excluding carboxylic acids is 6. The number of urea groups is 2. The van der Waals surface area contributed by atoms with Crippen LogP contribution < -0.4 is 0 Å². The second-order valence-corrected chi connectivity index (χ2v) is 10.7. The van der Waals surface area contributed by atoms with Gasteiger partial charge in [-0.3, -0.25) is 38.8 Å². The van der Waals surface area contributed by atoms with E-state index in [-0.39, 0.29) is 49.1 Å². The molecule has 0 saturated carbocycles. The number of benzene rings is 1. The first-order chi connectivity index (χ1) is 20.2. The summed E-state index contributed by atoms with van der Waals surface area (Å²) in [6.45, 7) is 4.48. The second kappa shape index (κ2) is 15.7. The monoisotopic (exact) mass is 618 g/mol.